The first-order chi connectivity index (χ1) is 9.90. The molecule has 2 nitrogen and oxygen atoms in total. The first-order valence-electron chi connectivity index (χ1n) is 6.28. The van der Waals surface area contributed by atoms with Crippen LogP contribution in [0.1, 0.15) is 22.7 Å². The minimum Gasteiger partial charge on any atom is -0.271 e. The summed E-state index contributed by atoms with van der Waals surface area (Å²) in [6.45, 7) is 0. The maximum Gasteiger partial charge on any atom is 0.416 e. The van der Waals surface area contributed by atoms with Crippen LogP contribution in [-0.4, -0.2) is 0 Å². The topological polar surface area (TPSA) is 38.0 Å². The Balaban J connectivity index is 2.15. The molecule has 0 heterocycles. The fraction of sp³-hybridized carbons (Fsp3) is 0.200. The minimum absolute atomic E-state index is 0.242. The molecular formula is C15H14BrF3N2. The summed E-state index contributed by atoms with van der Waals surface area (Å²) in [5.41, 5.74) is 3.74. The molecule has 21 heavy (non-hydrogen) atoms. The first-order valence-corrected chi connectivity index (χ1v) is 7.07. The third-order valence-corrected chi connectivity index (χ3v) is 3.72. The van der Waals surface area contributed by atoms with Crippen LogP contribution in [0.4, 0.5) is 13.2 Å². The lowest BCUT2D eigenvalue weighted by atomic mass is 9.98. The van der Waals surface area contributed by atoms with E-state index in [9.17, 15) is 13.2 Å². The van der Waals surface area contributed by atoms with Gasteiger partial charge in [-0.1, -0.05) is 40.2 Å². The predicted molar refractivity (Wildman–Crippen MR) is 79.4 cm³/mol. The molecule has 0 aliphatic carbocycles. The average Bonchev–Trinajstić information content (AvgIpc) is 2.46. The van der Waals surface area contributed by atoms with Crippen molar-refractivity contribution in [3.8, 4) is 0 Å². The van der Waals surface area contributed by atoms with Crippen LogP contribution in [-0.2, 0) is 12.6 Å². The van der Waals surface area contributed by atoms with E-state index in [1.54, 1.807) is 0 Å². The van der Waals surface area contributed by atoms with E-state index in [4.69, 9.17) is 5.84 Å². The zero-order chi connectivity index (χ0) is 15.5. The summed E-state index contributed by atoms with van der Waals surface area (Å²) in [5.74, 6) is 5.52. The van der Waals surface area contributed by atoms with Gasteiger partial charge < -0.3 is 0 Å². The van der Waals surface area contributed by atoms with Gasteiger partial charge in [0.15, 0.2) is 0 Å². The SMILES string of the molecule is NNC(Cc1ccc(Br)cc1)c1ccc(C(F)(F)F)cc1. The maximum absolute atomic E-state index is 12.5. The van der Waals surface area contributed by atoms with Gasteiger partial charge in [0.25, 0.3) is 0 Å². The Morgan fingerprint density at radius 1 is 1.00 bits per heavy atom. The summed E-state index contributed by atoms with van der Waals surface area (Å²) in [7, 11) is 0. The average molecular weight is 359 g/mol. The van der Waals surface area contributed by atoms with Crippen molar-refractivity contribution in [3.05, 3.63) is 69.7 Å². The number of rotatable bonds is 4. The van der Waals surface area contributed by atoms with Crippen LogP contribution in [0, 0.1) is 0 Å². The van der Waals surface area contributed by atoms with Crippen molar-refractivity contribution in [2.45, 2.75) is 18.6 Å². The zero-order valence-corrected chi connectivity index (χ0v) is 12.6. The van der Waals surface area contributed by atoms with Gasteiger partial charge in [0.1, 0.15) is 0 Å². The molecule has 112 valence electrons. The molecule has 2 rings (SSSR count). The van der Waals surface area contributed by atoms with Crippen molar-refractivity contribution in [1.82, 2.24) is 5.43 Å². The van der Waals surface area contributed by atoms with Crippen LogP contribution in [0.25, 0.3) is 0 Å². The standard InChI is InChI=1S/C15H14BrF3N2/c16-13-7-1-10(2-8-13)9-14(21-20)11-3-5-12(6-4-11)15(17,18)19/h1-8,14,21H,9,20H2. The molecule has 0 saturated heterocycles. The highest BCUT2D eigenvalue weighted by atomic mass is 79.9. The van der Waals surface area contributed by atoms with Gasteiger partial charge in [-0.2, -0.15) is 13.2 Å². The van der Waals surface area contributed by atoms with Crippen molar-refractivity contribution < 1.29 is 13.2 Å². The molecule has 0 saturated carbocycles. The lowest BCUT2D eigenvalue weighted by Gasteiger charge is -2.17. The Bertz CT molecular complexity index is 579. The second kappa shape index (κ2) is 6.60. The number of alkyl halides is 3. The minimum atomic E-state index is -4.32. The highest BCUT2D eigenvalue weighted by molar-refractivity contribution is 9.10. The fourth-order valence-electron chi connectivity index (χ4n) is 2.03. The van der Waals surface area contributed by atoms with E-state index in [-0.39, 0.29) is 6.04 Å². The van der Waals surface area contributed by atoms with Gasteiger partial charge in [0, 0.05) is 10.5 Å². The smallest absolute Gasteiger partial charge is 0.271 e. The van der Waals surface area contributed by atoms with E-state index in [0.29, 0.717) is 12.0 Å². The predicted octanol–water partition coefficient (Wildman–Crippen LogP) is 4.22. The second-order valence-electron chi connectivity index (χ2n) is 4.67. The molecule has 0 fully saturated rings. The number of benzene rings is 2. The second-order valence-corrected chi connectivity index (χ2v) is 5.59. The van der Waals surface area contributed by atoms with Crippen molar-refractivity contribution in [3.63, 3.8) is 0 Å². The van der Waals surface area contributed by atoms with Gasteiger partial charge in [-0.3, -0.25) is 11.3 Å². The van der Waals surface area contributed by atoms with E-state index in [1.165, 1.54) is 12.1 Å². The molecule has 1 unspecified atom stereocenters. The molecule has 1 atom stereocenters. The zero-order valence-electron chi connectivity index (χ0n) is 11.0. The molecule has 0 aliphatic heterocycles. The third kappa shape index (κ3) is 4.30. The lowest BCUT2D eigenvalue weighted by Crippen LogP contribution is -2.29. The van der Waals surface area contributed by atoms with Crippen LogP contribution >= 0.6 is 15.9 Å². The van der Waals surface area contributed by atoms with E-state index >= 15 is 0 Å². The van der Waals surface area contributed by atoms with Crippen LogP contribution in [0.15, 0.2) is 53.0 Å². The molecule has 0 aromatic heterocycles. The molecule has 0 bridgehead atoms. The summed E-state index contributed by atoms with van der Waals surface area (Å²) >= 11 is 3.35. The number of nitrogens with two attached hydrogens (primary N) is 1. The van der Waals surface area contributed by atoms with Crippen molar-refractivity contribution in [2.24, 2.45) is 5.84 Å². The van der Waals surface area contributed by atoms with E-state index < -0.39 is 11.7 Å². The monoisotopic (exact) mass is 358 g/mol. The molecule has 0 spiro atoms. The Kier molecular flexibility index (Phi) is 5.03. The van der Waals surface area contributed by atoms with Gasteiger partial charge in [-0.15, -0.1) is 0 Å². The normalized spacial score (nSPS) is 13.2. The molecule has 0 amide bonds. The highest BCUT2D eigenvalue weighted by Crippen LogP contribution is 2.30. The number of halogens is 4. The van der Waals surface area contributed by atoms with Crippen LogP contribution in [0.3, 0.4) is 0 Å². The molecule has 0 radical (unpaired) electrons. The van der Waals surface area contributed by atoms with Crippen LogP contribution < -0.4 is 11.3 Å². The number of hydrazine groups is 1. The first kappa shape index (κ1) is 16.0. The van der Waals surface area contributed by atoms with Gasteiger partial charge in [-0.25, -0.2) is 0 Å². The Hall–Kier alpha value is -1.37. The fourth-order valence-corrected chi connectivity index (χ4v) is 2.30. The molecule has 2 aromatic carbocycles. The molecule has 0 aliphatic rings. The van der Waals surface area contributed by atoms with Crippen molar-refractivity contribution >= 4 is 15.9 Å². The van der Waals surface area contributed by atoms with Crippen molar-refractivity contribution in [1.29, 1.82) is 0 Å². The van der Waals surface area contributed by atoms with Crippen LogP contribution in [0.2, 0.25) is 0 Å². The van der Waals surface area contributed by atoms with E-state index in [1.807, 2.05) is 24.3 Å². The number of nitrogens with one attached hydrogen (secondary N) is 1. The Labute approximate surface area is 129 Å². The van der Waals surface area contributed by atoms with E-state index in [2.05, 4.69) is 21.4 Å². The molecule has 3 N–H and O–H groups in total. The third-order valence-electron chi connectivity index (χ3n) is 3.19. The molecule has 6 heteroatoms. The Morgan fingerprint density at radius 3 is 2.05 bits per heavy atom. The molecule has 2 aromatic rings. The van der Waals surface area contributed by atoms with Gasteiger partial charge in [0.2, 0.25) is 0 Å². The lowest BCUT2D eigenvalue weighted by molar-refractivity contribution is -0.137. The quantitative estimate of drug-likeness (QED) is 0.634. The van der Waals surface area contributed by atoms with Gasteiger partial charge >= 0.3 is 6.18 Å². The number of hydrogen-bond acceptors (Lipinski definition) is 2. The Morgan fingerprint density at radius 2 is 1.57 bits per heavy atom. The summed E-state index contributed by atoms with van der Waals surface area (Å²) < 4.78 is 38.6. The van der Waals surface area contributed by atoms with E-state index in [0.717, 1.165) is 22.2 Å². The van der Waals surface area contributed by atoms with Crippen molar-refractivity contribution in [2.75, 3.05) is 0 Å². The maximum atomic E-state index is 12.5. The summed E-state index contributed by atoms with van der Waals surface area (Å²) in [6, 6.07) is 12.5. The highest BCUT2D eigenvalue weighted by Gasteiger charge is 2.30. The largest absolute Gasteiger partial charge is 0.416 e. The summed E-state index contributed by atoms with van der Waals surface area (Å²) in [4.78, 5) is 0. The van der Waals surface area contributed by atoms with Crippen LogP contribution in [0.5, 0.6) is 0 Å². The summed E-state index contributed by atoms with van der Waals surface area (Å²) in [5, 5.41) is 0. The summed E-state index contributed by atoms with van der Waals surface area (Å²) in [6.07, 6.45) is -3.73. The number of hydrogen-bond donors (Lipinski definition) is 2. The molecular weight excluding hydrogens is 345 g/mol. The van der Waals surface area contributed by atoms with Gasteiger partial charge in [-0.05, 0) is 41.8 Å². The van der Waals surface area contributed by atoms with Gasteiger partial charge in [0.05, 0.1) is 5.56 Å².